The molecule has 12 rings (SSSR count). The molecule has 0 fully saturated rings. The van der Waals surface area contributed by atoms with Gasteiger partial charge in [0.05, 0.1) is 16.7 Å². The maximum absolute atomic E-state index is 14.6. The molecule has 124 heavy (non-hydrogen) atoms. The highest BCUT2D eigenvalue weighted by Crippen LogP contribution is 2.38. The lowest BCUT2D eigenvalue weighted by Crippen LogP contribution is -2.08. The number of ether oxygens (including phenoxy) is 2. The molecule has 0 N–H and O–H groups in total. The van der Waals surface area contributed by atoms with Crippen molar-refractivity contribution in [1.29, 1.82) is 0 Å². The summed E-state index contributed by atoms with van der Waals surface area (Å²) >= 11 is 0. The number of alkyl halides is 9. The second kappa shape index (κ2) is 46.3. The van der Waals surface area contributed by atoms with Crippen molar-refractivity contribution in [1.82, 2.24) is 0 Å². The SMILES string of the molecule is Cc1ccc(-c2ccc(CCCCCCCCCc3ccc(-c4ccc(C(F)(F)F)cc4)c(F)c3)cc2F)cc1.Cc1ccc(-c2ccc(CCCCCCCc3ccc(-c4ccc(C(F)(F)F)cc4)c(F)c3)cc2F)cc1.Cc1ccc(-c2ccc(OC(=O)CCCCCCCCCC(=O)Oc3ccc(-c4ccc(C(F)(F)F)cc4)c(F)c3)cc2F)cc1. The maximum Gasteiger partial charge on any atom is 0.416 e. The van der Waals surface area contributed by atoms with E-state index in [1.54, 1.807) is 36.4 Å². The molecule has 0 heterocycles. The van der Waals surface area contributed by atoms with Crippen LogP contribution in [0.15, 0.2) is 255 Å². The minimum Gasteiger partial charge on any atom is -0.426 e. The summed E-state index contributed by atoms with van der Waals surface area (Å²) in [4.78, 5) is 24.4. The summed E-state index contributed by atoms with van der Waals surface area (Å²) in [7, 11) is 0. The number of rotatable bonds is 36. The molecule has 0 aliphatic heterocycles. The largest absolute Gasteiger partial charge is 0.426 e. The first kappa shape index (κ1) is 94.8. The van der Waals surface area contributed by atoms with E-state index >= 15 is 0 Å². The van der Waals surface area contributed by atoms with Crippen molar-refractivity contribution in [2.24, 2.45) is 0 Å². The third-order valence-electron chi connectivity index (χ3n) is 21.8. The van der Waals surface area contributed by atoms with E-state index in [1.165, 1.54) is 66.7 Å². The molecule has 0 bridgehead atoms. The first-order chi connectivity index (χ1) is 59.4. The first-order valence-electron chi connectivity index (χ1n) is 42.3. The Morgan fingerprint density at radius 2 is 0.411 bits per heavy atom. The fourth-order valence-electron chi connectivity index (χ4n) is 14.6. The van der Waals surface area contributed by atoms with Crippen LogP contribution >= 0.6 is 0 Å². The van der Waals surface area contributed by atoms with Crippen LogP contribution < -0.4 is 9.47 Å². The number of esters is 2. The number of unbranched alkanes of at least 4 members (excludes halogenated alkanes) is 16. The Labute approximate surface area is 716 Å². The van der Waals surface area contributed by atoms with Crippen molar-refractivity contribution >= 4 is 11.9 Å². The number of hydrogen-bond donors (Lipinski definition) is 0. The van der Waals surface area contributed by atoms with E-state index in [4.69, 9.17) is 9.47 Å². The highest BCUT2D eigenvalue weighted by atomic mass is 19.4. The smallest absolute Gasteiger partial charge is 0.416 e. The third kappa shape index (κ3) is 29.9. The Morgan fingerprint density at radius 1 is 0.226 bits per heavy atom. The molecule has 0 unspecified atom stereocenters. The first-order valence-corrected chi connectivity index (χ1v) is 42.3. The molecule has 0 saturated heterocycles. The third-order valence-corrected chi connectivity index (χ3v) is 21.8. The van der Waals surface area contributed by atoms with E-state index in [9.17, 15) is 75.4 Å². The van der Waals surface area contributed by atoms with Crippen LogP contribution in [0, 0.1) is 55.7 Å². The zero-order valence-corrected chi connectivity index (χ0v) is 69.7. The van der Waals surface area contributed by atoms with Crippen LogP contribution in [0.25, 0.3) is 66.8 Å². The van der Waals surface area contributed by atoms with Gasteiger partial charge in [-0.2, -0.15) is 39.5 Å². The number of benzene rings is 12. The quantitative estimate of drug-likeness (QED) is 0.0170. The second-order valence-electron chi connectivity index (χ2n) is 31.5. The highest BCUT2D eigenvalue weighted by Gasteiger charge is 2.32. The maximum atomic E-state index is 14.6. The standard InChI is InChI=1S/C37H35F5O4.C35H35F5.C33H31F5/c1-25-11-13-26(14-12-25)31-21-19-29(23-33(31)38)45-35(43)9-7-5-3-2-4-6-8-10-36(44)46-30-20-22-32(34(39)24-30)27-15-17-28(18-16-27)37(40,41)42;1-25-11-15-28(16-12-25)31-21-13-26(23-33(31)36)9-7-5-3-2-4-6-8-10-27-14-22-32(34(37)24-27)29-17-19-30(20-18-29)35(38,39)40;1-23-9-13-26(14-10-23)29-19-11-24(21-31(29)34)7-5-3-2-4-6-8-25-12-20-30(32(35)22-25)27-15-17-28(18-16-27)33(36,37)38/h11-24H,2-10H2,1H3;11-24H,2-10H2,1H3;9-22H,2-8H2,1H3. The van der Waals surface area contributed by atoms with Crippen molar-refractivity contribution in [3.8, 4) is 78.3 Å². The molecular formula is C105H101F15O4. The van der Waals surface area contributed by atoms with E-state index in [0.29, 0.717) is 51.8 Å². The van der Waals surface area contributed by atoms with Crippen LogP contribution in [0.3, 0.4) is 0 Å². The number of halogens is 15. The van der Waals surface area contributed by atoms with Gasteiger partial charge >= 0.3 is 30.5 Å². The topological polar surface area (TPSA) is 52.6 Å². The molecule has 0 saturated carbocycles. The monoisotopic (exact) mass is 1710 g/mol. The lowest BCUT2D eigenvalue weighted by atomic mass is 9.98. The van der Waals surface area contributed by atoms with E-state index in [1.807, 2.05) is 130 Å². The van der Waals surface area contributed by atoms with Crippen molar-refractivity contribution in [2.75, 3.05) is 0 Å². The molecule has 19 heteroatoms. The summed E-state index contributed by atoms with van der Waals surface area (Å²) in [5.74, 6) is -3.06. The molecule has 0 amide bonds. The summed E-state index contributed by atoms with van der Waals surface area (Å²) in [5.41, 5.74) is 11.0. The summed E-state index contributed by atoms with van der Waals surface area (Å²) in [6.07, 6.45) is 8.60. The van der Waals surface area contributed by atoms with Gasteiger partial charge in [-0.05, 0) is 226 Å². The fourth-order valence-corrected chi connectivity index (χ4v) is 14.6. The van der Waals surface area contributed by atoms with Crippen LogP contribution in [0.2, 0.25) is 0 Å². The average Bonchev–Trinajstić information content (AvgIpc) is 0.827. The van der Waals surface area contributed by atoms with Gasteiger partial charge in [0.2, 0.25) is 0 Å². The Balaban J connectivity index is 0.000000195. The van der Waals surface area contributed by atoms with Crippen molar-refractivity contribution in [3.05, 3.63) is 345 Å². The van der Waals surface area contributed by atoms with Crippen molar-refractivity contribution < 1.29 is 84.9 Å². The molecule has 0 atom stereocenters. The number of hydrogen-bond acceptors (Lipinski definition) is 4. The molecule has 650 valence electrons. The Bertz CT molecular complexity index is 5390. The lowest BCUT2D eigenvalue weighted by molar-refractivity contribution is -0.138. The molecular weight excluding hydrogens is 1610 g/mol. The van der Waals surface area contributed by atoms with Gasteiger partial charge in [-0.3, -0.25) is 9.59 Å². The van der Waals surface area contributed by atoms with Gasteiger partial charge in [0, 0.05) is 58.4 Å². The normalized spacial score (nSPS) is 11.5. The van der Waals surface area contributed by atoms with Crippen molar-refractivity contribution in [2.45, 2.75) is 200 Å². The summed E-state index contributed by atoms with van der Waals surface area (Å²) < 4.78 is 213. The Morgan fingerprint density at radius 3 is 0.613 bits per heavy atom. The zero-order valence-electron chi connectivity index (χ0n) is 69.7. The van der Waals surface area contributed by atoms with E-state index in [0.717, 1.165) is 233 Å². The minimum absolute atomic E-state index is 0.0288. The van der Waals surface area contributed by atoms with Crippen molar-refractivity contribution in [3.63, 3.8) is 0 Å². The van der Waals surface area contributed by atoms with Gasteiger partial charge in [-0.15, -0.1) is 0 Å². The van der Waals surface area contributed by atoms with Crippen LogP contribution in [-0.2, 0) is 53.8 Å². The van der Waals surface area contributed by atoms with E-state index in [-0.39, 0.29) is 47.1 Å². The highest BCUT2D eigenvalue weighted by molar-refractivity contribution is 5.75. The summed E-state index contributed by atoms with van der Waals surface area (Å²) in [6.45, 7) is 5.99. The van der Waals surface area contributed by atoms with E-state index in [2.05, 4.69) is 0 Å². The average molecular weight is 1710 g/mol. The number of carbonyl (C=O) groups excluding carboxylic acids is 2. The number of aryl methyl sites for hydroxylation is 7. The molecule has 12 aromatic carbocycles. The minimum atomic E-state index is -4.48. The van der Waals surface area contributed by atoms with Gasteiger partial charge in [-0.1, -0.05) is 258 Å². The van der Waals surface area contributed by atoms with Gasteiger partial charge in [0.25, 0.3) is 0 Å². The fraction of sp³-hybridized carbons (Fsp3) is 0.295. The van der Waals surface area contributed by atoms with Crippen LogP contribution in [-0.4, -0.2) is 11.9 Å². The number of carbonyl (C=O) groups is 2. The molecule has 0 aliphatic carbocycles. The predicted octanol–water partition coefficient (Wildman–Crippen LogP) is 32.2. The molecule has 0 aromatic heterocycles. The molecule has 0 spiro atoms. The summed E-state index contributed by atoms with van der Waals surface area (Å²) in [6, 6.07) is 65.8. The second-order valence-corrected chi connectivity index (χ2v) is 31.5. The molecule has 0 radical (unpaired) electrons. The Kier molecular flexibility index (Phi) is 35.4. The van der Waals surface area contributed by atoms with Gasteiger partial charge in [0.1, 0.15) is 46.4 Å². The van der Waals surface area contributed by atoms with Gasteiger partial charge < -0.3 is 9.47 Å². The van der Waals surface area contributed by atoms with Crippen LogP contribution in [0.4, 0.5) is 65.9 Å². The van der Waals surface area contributed by atoms with Crippen LogP contribution in [0.5, 0.6) is 11.5 Å². The molecule has 0 aliphatic rings. The Hall–Kier alpha value is -11.5. The molecule has 12 aromatic rings. The summed E-state index contributed by atoms with van der Waals surface area (Å²) in [5, 5.41) is 0. The van der Waals surface area contributed by atoms with Gasteiger partial charge in [-0.25, -0.2) is 26.3 Å². The van der Waals surface area contributed by atoms with Gasteiger partial charge in [0.15, 0.2) is 0 Å². The zero-order chi connectivity index (χ0) is 88.8. The van der Waals surface area contributed by atoms with E-state index < -0.39 is 70.4 Å². The lowest BCUT2D eigenvalue weighted by Gasteiger charge is -2.10. The van der Waals surface area contributed by atoms with Crippen LogP contribution in [0.1, 0.15) is 190 Å². The molecule has 4 nitrogen and oxygen atoms in total. The predicted molar refractivity (Wildman–Crippen MR) is 463 cm³/mol.